The van der Waals surface area contributed by atoms with Crippen LogP contribution in [0.3, 0.4) is 0 Å². The third-order valence-electron chi connectivity index (χ3n) is 4.05. The topological polar surface area (TPSA) is 51.2 Å². The Morgan fingerprint density at radius 1 is 1.41 bits per heavy atom. The van der Waals surface area contributed by atoms with Gasteiger partial charge in [0.05, 0.1) is 12.0 Å². The number of carbonyl (C=O) groups is 1. The highest BCUT2D eigenvalue weighted by Crippen LogP contribution is 2.29. The van der Waals surface area contributed by atoms with Gasteiger partial charge < -0.3 is 10.1 Å². The predicted molar refractivity (Wildman–Crippen MR) is 86.8 cm³/mol. The molecule has 1 fully saturated rings. The molecule has 3 atom stereocenters. The summed E-state index contributed by atoms with van der Waals surface area (Å²) in [6.45, 7) is 2.69. The van der Waals surface area contributed by atoms with Crippen LogP contribution < -0.4 is 5.32 Å². The quantitative estimate of drug-likeness (QED) is 0.942. The van der Waals surface area contributed by atoms with Crippen molar-refractivity contribution in [2.24, 2.45) is 0 Å². The number of thiophene rings is 1. The summed E-state index contributed by atoms with van der Waals surface area (Å²) in [5.41, 5.74) is 1.07. The molecule has 0 bridgehead atoms. The third-order valence-corrected chi connectivity index (χ3v) is 5.10. The van der Waals surface area contributed by atoms with E-state index >= 15 is 0 Å². The third kappa shape index (κ3) is 3.36. The van der Waals surface area contributed by atoms with Gasteiger partial charge in [-0.25, -0.2) is 0 Å². The highest BCUT2D eigenvalue weighted by Gasteiger charge is 2.30. The molecule has 1 saturated heterocycles. The molecule has 0 radical (unpaired) electrons. The molecule has 2 aromatic heterocycles. The summed E-state index contributed by atoms with van der Waals surface area (Å²) >= 11 is 1.62. The molecule has 0 unspecified atom stereocenters. The fourth-order valence-corrected chi connectivity index (χ4v) is 3.57. The smallest absolute Gasteiger partial charge is 0.228 e. The van der Waals surface area contributed by atoms with E-state index < -0.39 is 0 Å². The Morgan fingerprint density at radius 2 is 2.23 bits per heavy atom. The highest BCUT2D eigenvalue weighted by atomic mass is 32.1. The molecule has 1 aliphatic rings. The van der Waals surface area contributed by atoms with Gasteiger partial charge in [0.25, 0.3) is 0 Å². The van der Waals surface area contributed by atoms with Crippen molar-refractivity contribution < 1.29 is 9.53 Å². The summed E-state index contributed by atoms with van der Waals surface area (Å²) in [6, 6.07) is 7.92. The second kappa shape index (κ2) is 7.03. The first kappa shape index (κ1) is 15.2. The summed E-state index contributed by atoms with van der Waals surface area (Å²) in [6.07, 6.45) is 5.35. The lowest BCUT2D eigenvalue weighted by molar-refractivity contribution is -0.125. The van der Waals surface area contributed by atoms with Crippen LogP contribution in [0, 0.1) is 0 Å². The zero-order valence-corrected chi connectivity index (χ0v) is 13.4. The Balaban J connectivity index is 1.70. The van der Waals surface area contributed by atoms with Crippen LogP contribution in [0.25, 0.3) is 0 Å². The van der Waals surface area contributed by atoms with Crippen LogP contribution in [0.5, 0.6) is 0 Å². The van der Waals surface area contributed by atoms with Gasteiger partial charge in [0, 0.05) is 23.9 Å². The number of nitrogens with one attached hydrogen (secondary N) is 1. The number of nitrogens with zero attached hydrogens (tertiary/aromatic N) is 1. The zero-order valence-electron chi connectivity index (χ0n) is 12.6. The number of amides is 1. The Kier molecular flexibility index (Phi) is 4.85. The molecule has 1 amide bonds. The average molecular weight is 316 g/mol. The van der Waals surface area contributed by atoms with E-state index in [9.17, 15) is 4.79 Å². The van der Waals surface area contributed by atoms with Crippen molar-refractivity contribution in [2.75, 3.05) is 6.61 Å². The summed E-state index contributed by atoms with van der Waals surface area (Å²) in [5, 5.41) is 5.18. The zero-order chi connectivity index (χ0) is 15.4. The van der Waals surface area contributed by atoms with Crippen molar-refractivity contribution in [3.8, 4) is 0 Å². The minimum Gasteiger partial charge on any atom is -0.371 e. The van der Waals surface area contributed by atoms with Gasteiger partial charge in [-0.15, -0.1) is 11.3 Å². The van der Waals surface area contributed by atoms with Crippen molar-refractivity contribution in [2.45, 2.75) is 37.8 Å². The maximum Gasteiger partial charge on any atom is 0.228 e. The lowest BCUT2D eigenvalue weighted by atomic mass is 9.96. The summed E-state index contributed by atoms with van der Waals surface area (Å²) in [4.78, 5) is 17.7. The molecule has 5 heteroatoms. The molecule has 2 aromatic rings. The fourth-order valence-electron chi connectivity index (χ4n) is 2.79. The van der Waals surface area contributed by atoms with Crippen LogP contribution >= 0.6 is 11.3 Å². The van der Waals surface area contributed by atoms with Crippen LogP contribution in [0.15, 0.2) is 42.0 Å². The number of pyridine rings is 1. The van der Waals surface area contributed by atoms with Gasteiger partial charge in [0.1, 0.15) is 6.10 Å². The molecule has 3 rings (SSSR count). The van der Waals surface area contributed by atoms with E-state index in [1.165, 1.54) is 0 Å². The molecule has 0 saturated carbocycles. The molecule has 116 valence electrons. The molecule has 0 spiro atoms. The minimum atomic E-state index is -0.125. The Labute approximate surface area is 134 Å². The number of carbonyl (C=O) groups excluding carboxylic acids is 1. The number of hydrogen-bond acceptors (Lipinski definition) is 4. The maximum absolute atomic E-state index is 12.5. The molecule has 22 heavy (non-hydrogen) atoms. The van der Waals surface area contributed by atoms with Crippen molar-refractivity contribution in [3.63, 3.8) is 0 Å². The number of hydrogen-bond donors (Lipinski definition) is 1. The van der Waals surface area contributed by atoms with E-state index in [4.69, 9.17) is 4.74 Å². The Morgan fingerprint density at radius 3 is 2.95 bits per heavy atom. The van der Waals surface area contributed by atoms with Crippen molar-refractivity contribution in [1.29, 1.82) is 0 Å². The molecule has 4 nitrogen and oxygen atoms in total. The van der Waals surface area contributed by atoms with Crippen LogP contribution in [0.1, 0.15) is 42.2 Å². The second-order valence-electron chi connectivity index (χ2n) is 5.57. The second-order valence-corrected chi connectivity index (χ2v) is 6.55. The van der Waals surface area contributed by atoms with Gasteiger partial charge in [-0.2, -0.15) is 0 Å². The van der Waals surface area contributed by atoms with Gasteiger partial charge >= 0.3 is 0 Å². The summed E-state index contributed by atoms with van der Waals surface area (Å²) in [7, 11) is 0. The molecule has 3 heterocycles. The van der Waals surface area contributed by atoms with E-state index in [1.807, 2.05) is 36.6 Å². The van der Waals surface area contributed by atoms with Gasteiger partial charge in [-0.1, -0.05) is 6.07 Å². The molecule has 0 aliphatic carbocycles. The van der Waals surface area contributed by atoms with E-state index in [1.54, 1.807) is 23.7 Å². The van der Waals surface area contributed by atoms with Crippen molar-refractivity contribution >= 4 is 17.2 Å². The van der Waals surface area contributed by atoms with Crippen LogP contribution in [-0.4, -0.2) is 23.5 Å². The largest absolute Gasteiger partial charge is 0.371 e. The average Bonchev–Trinajstić information content (AvgIpc) is 3.10. The summed E-state index contributed by atoms with van der Waals surface area (Å²) in [5.74, 6) is -0.0583. The molecular weight excluding hydrogens is 296 g/mol. The Hall–Kier alpha value is -1.72. The van der Waals surface area contributed by atoms with Gasteiger partial charge in [-0.3, -0.25) is 9.78 Å². The van der Waals surface area contributed by atoms with Crippen LogP contribution in [-0.2, 0) is 9.53 Å². The van der Waals surface area contributed by atoms with Crippen molar-refractivity contribution in [3.05, 3.63) is 52.5 Å². The van der Waals surface area contributed by atoms with Crippen molar-refractivity contribution in [1.82, 2.24) is 10.3 Å². The van der Waals surface area contributed by atoms with Crippen LogP contribution in [0.4, 0.5) is 0 Å². The lowest BCUT2D eigenvalue weighted by Gasteiger charge is -2.33. The normalized spacial score (nSPS) is 23.0. The Bertz CT molecular complexity index is 600. The number of aromatic nitrogens is 1. The SMILES string of the molecule is C[C@@H](C(=O)N[C@H]1CCCO[C@@H]1c1ccncc1)c1cccs1. The first-order chi connectivity index (χ1) is 10.8. The first-order valence-corrected chi connectivity index (χ1v) is 8.49. The number of ether oxygens (including phenoxy) is 1. The predicted octanol–water partition coefficient (Wildman–Crippen LogP) is 3.28. The maximum atomic E-state index is 12.5. The molecular formula is C17H20N2O2S. The minimum absolute atomic E-state index is 0.0195. The monoisotopic (exact) mass is 316 g/mol. The van der Waals surface area contributed by atoms with E-state index in [2.05, 4.69) is 10.3 Å². The lowest BCUT2D eigenvalue weighted by Crippen LogP contribution is -2.44. The van der Waals surface area contributed by atoms with Gasteiger partial charge in [-0.05, 0) is 48.9 Å². The standard InChI is InChI=1S/C17H20N2O2S/c1-12(15-5-3-11-22-15)17(20)19-14-4-2-10-21-16(14)13-6-8-18-9-7-13/h3,5-9,11-12,14,16H,2,4,10H2,1H3,(H,19,20)/t12-,14+,16-/m1/s1. The molecule has 1 N–H and O–H groups in total. The fraction of sp³-hybridized carbons (Fsp3) is 0.412. The van der Waals surface area contributed by atoms with E-state index in [0.717, 1.165) is 29.9 Å². The molecule has 1 aliphatic heterocycles. The first-order valence-electron chi connectivity index (χ1n) is 7.61. The molecule has 0 aromatic carbocycles. The highest BCUT2D eigenvalue weighted by molar-refractivity contribution is 7.10. The van der Waals surface area contributed by atoms with E-state index in [0.29, 0.717) is 0 Å². The van der Waals surface area contributed by atoms with Crippen LogP contribution in [0.2, 0.25) is 0 Å². The summed E-state index contributed by atoms with van der Waals surface area (Å²) < 4.78 is 5.91. The van der Waals surface area contributed by atoms with Gasteiger partial charge in [0.15, 0.2) is 0 Å². The van der Waals surface area contributed by atoms with Gasteiger partial charge in [0.2, 0.25) is 5.91 Å². The van der Waals surface area contributed by atoms with E-state index in [-0.39, 0.29) is 24.0 Å². The number of rotatable bonds is 4.